The van der Waals surface area contributed by atoms with Gasteiger partial charge in [0.2, 0.25) is 0 Å². The summed E-state index contributed by atoms with van der Waals surface area (Å²) in [6.45, 7) is -18.3. The van der Waals surface area contributed by atoms with E-state index in [1.54, 1.807) is 23.2 Å². The van der Waals surface area contributed by atoms with Crippen LogP contribution >= 0.6 is 0 Å². The molecule has 0 fully saturated rings. The van der Waals surface area contributed by atoms with E-state index in [0.29, 0.717) is 28.5 Å². The first-order chi connectivity index (χ1) is 56.6. The Hall–Kier alpha value is -7.40. The quantitative estimate of drug-likeness (QED) is 0.112. The number of pyridine rings is 2. The Morgan fingerprint density at radius 2 is 1.12 bits per heavy atom. The van der Waals surface area contributed by atoms with E-state index in [1.165, 1.54) is 34.9 Å². The van der Waals surface area contributed by atoms with Crippen molar-refractivity contribution in [2.45, 2.75) is 181 Å². The SMILES string of the molecule is [2H]c1c([2H])c2c(c([2H])c1-c1cccc(-c3c([2H])c([2H])c4c(c3[2H])C(C([2H])([2H])[2H])(C([2H])([2H])[2H])C([2H])([2H])C([2H])([2H])C4(C([2H])([2H])[2H])C([2H])([2H])[2H])c1-[n+]1[c-]n(-c3[c-]c(N(c4[c-]c5c(cc4)c4ccccc4n5-c4cc(C(C)(C)C)ccn4)c4cc(C(C)(C)C)cc(C(C)(C)C)n4)ccc3)c3ccccc31)C(C([2H])([2H])[2H])(C([2H])([2H])[2H])C([2H])([2H])C([2H])([2H])C2(C([2H])([2H])[2H])C([2H])([2H])[2H].[Pt]. The fourth-order valence-corrected chi connectivity index (χ4v) is 11.2. The van der Waals surface area contributed by atoms with Crippen molar-refractivity contribution in [1.29, 1.82) is 0 Å². The van der Waals surface area contributed by atoms with Gasteiger partial charge in [-0.2, -0.15) is 24.3 Å². The van der Waals surface area contributed by atoms with Crippen molar-refractivity contribution in [2.24, 2.45) is 0 Å². The molecular formula is C81H86N6Pt-2. The Morgan fingerprint density at radius 3 is 1.73 bits per heavy atom. The molecule has 0 saturated heterocycles. The average molecular weight is 1380 g/mol. The van der Waals surface area contributed by atoms with Gasteiger partial charge >= 0.3 is 0 Å². The average Bonchev–Trinajstić information content (AvgIpc) is 0.692. The molecule has 11 aromatic rings. The molecule has 0 radical (unpaired) electrons. The molecule has 0 bridgehead atoms. The van der Waals surface area contributed by atoms with Gasteiger partial charge in [0.1, 0.15) is 11.6 Å². The van der Waals surface area contributed by atoms with E-state index in [9.17, 15) is 35.6 Å². The van der Waals surface area contributed by atoms with Crippen LogP contribution in [-0.2, 0) is 59.0 Å². The predicted molar refractivity (Wildman–Crippen MR) is 363 cm³/mol. The molecular weight excluding hydrogens is 1250 g/mol. The number of nitrogens with zero attached hydrogens (tertiary/aromatic N) is 6. The zero-order valence-electron chi connectivity index (χ0n) is 87.6. The topological polar surface area (TPSA) is 42.8 Å². The molecule has 0 atom stereocenters. The van der Waals surface area contributed by atoms with Crippen molar-refractivity contribution in [3.8, 4) is 39.4 Å². The van der Waals surface area contributed by atoms with Gasteiger partial charge < -0.3 is 14.0 Å². The number of hydrogen-bond acceptors (Lipinski definition) is 3. The maximum atomic E-state index is 10.6. The van der Waals surface area contributed by atoms with Crippen molar-refractivity contribution in [2.75, 3.05) is 4.90 Å². The van der Waals surface area contributed by atoms with Crippen LogP contribution in [0.5, 0.6) is 0 Å². The summed E-state index contributed by atoms with van der Waals surface area (Å²) >= 11 is 0. The Bertz CT molecular complexity index is 5970. The van der Waals surface area contributed by atoms with E-state index in [0.717, 1.165) is 50.2 Å². The van der Waals surface area contributed by atoms with Gasteiger partial charge in [-0.25, -0.2) is 9.97 Å². The number of hydrogen-bond donors (Lipinski definition) is 0. The second-order valence-corrected chi connectivity index (χ2v) is 25.4. The van der Waals surface area contributed by atoms with Gasteiger partial charge in [-0.05, 0) is 155 Å². The van der Waals surface area contributed by atoms with E-state index in [1.807, 2.05) is 107 Å². The van der Waals surface area contributed by atoms with Crippen molar-refractivity contribution in [3.05, 3.63) is 221 Å². The van der Waals surface area contributed by atoms with Crippen LogP contribution in [0.15, 0.2) is 164 Å². The maximum Gasteiger partial charge on any atom is 0.268 e. The summed E-state index contributed by atoms with van der Waals surface area (Å²) < 4.78 is 361. The molecule has 4 aromatic heterocycles. The summed E-state index contributed by atoms with van der Waals surface area (Å²) in [4.78, 5) is 12.1. The number of aromatic nitrogens is 5. The minimum absolute atomic E-state index is 0. The summed E-state index contributed by atoms with van der Waals surface area (Å²) in [6.07, 6.45) is -14.5. The van der Waals surface area contributed by atoms with E-state index in [2.05, 4.69) is 39.2 Å². The molecule has 88 heavy (non-hydrogen) atoms. The zero-order chi connectivity index (χ0) is 93.9. The predicted octanol–water partition coefficient (Wildman–Crippen LogP) is 20.6. The Balaban J connectivity index is 0.0000144. The van der Waals surface area contributed by atoms with Crippen LogP contribution in [0.4, 0.5) is 17.2 Å². The molecule has 0 amide bonds. The van der Waals surface area contributed by atoms with Gasteiger partial charge in [-0.1, -0.05) is 231 Å². The minimum Gasteiger partial charge on any atom is -0.344 e. The number of rotatable bonds is 8. The molecule has 4 heterocycles. The minimum atomic E-state index is -4.87. The third-order valence-corrected chi connectivity index (χ3v) is 15.9. The molecule has 0 unspecified atom stereocenters. The van der Waals surface area contributed by atoms with Gasteiger partial charge in [0.15, 0.2) is 0 Å². The molecule has 7 aromatic carbocycles. The fourth-order valence-electron chi connectivity index (χ4n) is 11.2. The van der Waals surface area contributed by atoms with Crippen LogP contribution in [0.25, 0.3) is 72.3 Å². The molecule has 0 aliphatic heterocycles. The van der Waals surface area contributed by atoms with Gasteiger partial charge in [-0.3, -0.25) is 4.57 Å². The third kappa shape index (κ3) is 10.6. The van der Waals surface area contributed by atoms with Crippen molar-refractivity contribution in [1.82, 2.24) is 19.1 Å². The number of fused-ring (bicyclic) bond motifs is 6. The largest absolute Gasteiger partial charge is 0.344 e. The molecule has 452 valence electrons. The summed E-state index contributed by atoms with van der Waals surface area (Å²) in [5.41, 5.74) is -29.0. The van der Waals surface area contributed by atoms with Crippen LogP contribution in [0, 0.1) is 18.5 Å². The monoisotopic (exact) mass is 1380 g/mol. The second kappa shape index (κ2) is 21.4. The maximum absolute atomic E-state index is 10.6. The van der Waals surface area contributed by atoms with Crippen LogP contribution in [-0.4, -0.2) is 19.1 Å². The van der Waals surface area contributed by atoms with E-state index < -0.39 is 199 Å². The molecule has 0 N–H and O–H groups in total. The van der Waals surface area contributed by atoms with Crippen molar-refractivity contribution < 1.29 is 77.7 Å². The van der Waals surface area contributed by atoms with Crippen molar-refractivity contribution >= 4 is 50.0 Å². The smallest absolute Gasteiger partial charge is 0.268 e. The molecule has 13 rings (SSSR count). The van der Waals surface area contributed by atoms with Gasteiger partial charge in [-0.15, -0.1) is 23.6 Å². The first-order valence-corrected chi connectivity index (χ1v) is 28.3. The normalized spacial score (nSPS) is 25.9. The summed E-state index contributed by atoms with van der Waals surface area (Å²) in [5, 5.41) is 1.63. The zero-order valence-corrected chi connectivity index (χ0v) is 51.9. The number of imidazole rings is 1. The molecule has 7 heteroatoms. The van der Waals surface area contributed by atoms with Crippen LogP contribution in [0.1, 0.15) is 234 Å². The molecule has 0 spiro atoms. The first kappa shape index (κ1) is 30.4. The Kier molecular flexibility index (Phi) is 7.39. The molecule has 0 saturated carbocycles. The third-order valence-electron chi connectivity index (χ3n) is 15.9. The Morgan fingerprint density at radius 1 is 0.557 bits per heavy atom. The van der Waals surface area contributed by atoms with Gasteiger partial charge in [0, 0.05) is 87.8 Å². The van der Waals surface area contributed by atoms with Crippen LogP contribution in [0.3, 0.4) is 0 Å². The number of benzene rings is 7. The van der Waals surface area contributed by atoms with E-state index >= 15 is 0 Å². The van der Waals surface area contributed by atoms with Gasteiger partial charge in [0.05, 0.1) is 24.9 Å². The molecule has 2 aliphatic carbocycles. The molecule has 6 nitrogen and oxygen atoms in total. The fraction of sp³-hybridized carbons (Fsp3) is 0.346. The van der Waals surface area contributed by atoms with E-state index in [4.69, 9.17) is 26.4 Å². The van der Waals surface area contributed by atoms with Crippen molar-refractivity contribution in [3.63, 3.8) is 0 Å². The molecule has 2 aliphatic rings. The number of para-hydroxylation sites is 4. The summed E-state index contributed by atoms with van der Waals surface area (Å²) in [5.74, 6) is 0.901. The first-order valence-electron chi connectivity index (χ1n) is 47.3. The van der Waals surface area contributed by atoms with Crippen LogP contribution < -0.4 is 9.47 Å². The second-order valence-electron chi connectivity index (χ2n) is 25.4. The summed E-state index contributed by atoms with van der Waals surface area (Å²) in [6, 6.07) is 29.5. The van der Waals surface area contributed by atoms with E-state index in [-0.39, 0.29) is 48.9 Å². The number of anilines is 3. The Labute approximate surface area is 591 Å². The van der Waals surface area contributed by atoms with Crippen LogP contribution in [0.2, 0.25) is 0 Å². The standard InChI is InChI=1S/C81H86N6.Pt/c1-75(2,3)54-38-43-82-72(47-54)87-67-29-19-18-26-61(67)62-35-34-58(50-70(62)87)86(73-48-55(76(4,5)6)46-71(83-73)77(7,8)9)57-25-22-24-56(49-57)84-51-85(69-31-21-20-30-68(69)84)74-59(52-32-36-63-65(44-52)80(14,15)41-39-78(63,10)11)27-23-28-60(74)53-33-37-64-66(45-53)81(16,17)42-40-79(64,12)13;/h18-38,43-48H,39-42H2,1-17H3;/q-2;/i10D3,11D3,12D3,13D3,14D3,15D3,16D3,17D3,32D,33D,36D,37D,39D2,40D2,41D2,42D2,44D,45D;. The summed E-state index contributed by atoms with van der Waals surface area (Å²) in [7, 11) is 0. The van der Waals surface area contributed by atoms with Gasteiger partial charge in [0.25, 0.3) is 6.33 Å².